The summed E-state index contributed by atoms with van der Waals surface area (Å²) >= 11 is 0. The van der Waals surface area contributed by atoms with E-state index in [2.05, 4.69) is 59.7 Å². The molecule has 3 heterocycles. The normalized spacial score (nSPS) is 18.0. The molecule has 0 spiro atoms. The number of carbonyl (C=O) groups excluding carboxylic acids is 1. The fourth-order valence-electron chi connectivity index (χ4n) is 4.58. The first-order valence-corrected chi connectivity index (χ1v) is 11.5. The lowest BCUT2D eigenvalue weighted by Crippen LogP contribution is -2.37. The van der Waals surface area contributed by atoms with Gasteiger partial charge < -0.3 is 4.90 Å². The standard InChI is InChI=1S/C27H21N3OS/c1-3-30-23(16-22-19-11-5-4-8-17(19)14-15-29(22)2)32-26(27(30)31)25-20-12-6-9-18-10-7-13-21(28-25)24(18)20/h4-16H,3H2,1-2H3. The molecule has 0 saturated carbocycles. The maximum absolute atomic E-state index is 13.5. The number of likely N-dealkylation sites (N-methyl/N-ethyl adjacent to an activating group) is 1. The summed E-state index contributed by atoms with van der Waals surface area (Å²) in [4.78, 5) is 24.0. The lowest BCUT2D eigenvalue weighted by Gasteiger charge is -2.26. The largest absolute Gasteiger partial charge is 0.350 e. The number of rotatable bonds is 3. The van der Waals surface area contributed by atoms with Crippen LogP contribution >= 0.6 is 10.9 Å². The average Bonchev–Trinajstić information content (AvgIpc) is 3.34. The third-order valence-corrected chi connectivity index (χ3v) is 7.29. The van der Waals surface area contributed by atoms with Gasteiger partial charge in [0.25, 0.3) is 5.91 Å². The molecule has 0 radical (unpaired) electrons. The molecule has 3 aromatic rings. The van der Waals surface area contributed by atoms with Crippen molar-refractivity contribution >= 4 is 60.6 Å². The van der Waals surface area contributed by atoms with E-state index < -0.39 is 0 Å². The zero-order valence-electron chi connectivity index (χ0n) is 17.9. The second-order valence-electron chi connectivity index (χ2n) is 8.00. The average molecular weight is 436 g/mol. The molecule has 0 N–H and O–H groups in total. The van der Waals surface area contributed by atoms with Crippen LogP contribution < -0.4 is 0 Å². The number of nitrogens with zero attached hydrogens (tertiary/aromatic N) is 3. The van der Waals surface area contributed by atoms with Crippen LogP contribution in [0.15, 0.2) is 77.9 Å². The van der Waals surface area contributed by atoms with Crippen molar-refractivity contribution in [3.05, 3.63) is 89.6 Å². The van der Waals surface area contributed by atoms with Gasteiger partial charge in [0.2, 0.25) is 0 Å². The smallest absolute Gasteiger partial charge is 0.271 e. The summed E-state index contributed by atoms with van der Waals surface area (Å²) in [7, 11) is 3.57. The molecule has 0 saturated heterocycles. The summed E-state index contributed by atoms with van der Waals surface area (Å²) in [6.45, 7) is 2.63. The Morgan fingerprint density at radius 3 is 2.62 bits per heavy atom. The summed E-state index contributed by atoms with van der Waals surface area (Å²) in [5.74, 6) is 0.0233. The first-order valence-electron chi connectivity index (χ1n) is 10.7. The molecular formula is C27H21N3OS. The molecule has 3 aliphatic heterocycles. The first-order chi connectivity index (χ1) is 15.7. The number of hydrogen-bond acceptors (Lipinski definition) is 3. The van der Waals surface area contributed by atoms with E-state index in [4.69, 9.17) is 4.99 Å². The highest BCUT2D eigenvalue weighted by molar-refractivity contribution is 8.02. The van der Waals surface area contributed by atoms with E-state index in [0.717, 1.165) is 44.0 Å². The molecule has 0 unspecified atom stereocenters. The second kappa shape index (κ2) is 7.18. The monoisotopic (exact) mass is 435 g/mol. The van der Waals surface area contributed by atoms with Crippen molar-refractivity contribution < 1.29 is 4.79 Å². The summed E-state index contributed by atoms with van der Waals surface area (Å²) in [5, 5.41) is 2.28. The summed E-state index contributed by atoms with van der Waals surface area (Å²) in [6, 6.07) is 20.7. The molecular weight excluding hydrogens is 414 g/mol. The van der Waals surface area contributed by atoms with Gasteiger partial charge in [0.15, 0.2) is 0 Å². The second-order valence-corrected chi connectivity index (χ2v) is 9.03. The number of benzene rings is 3. The number of fused-ring (bicyclic) bond motifs is 1. The van der Waals surface area contributed by atoms with Crippen LogP contribution in [0.25, 0.3) is 22.5 Å². The molecule has 3 aliphatic rings. The highest BCUT2D eigenvalue weighted by Crippen LogP contribution is 2.36. The molecule has 3 aromatic carbocycles. The van der Waals surface area contributed by atoms with Crippen LogP contribution in [-0.4, -0.2) is 44.9 Å². The van der Waals surface area contributed by atoms with Crippen molar-refractivity contribution in [3.63, 3.8) is 0 Å². The predicted octanol–water partition coefficient (Wildman–Crippen LogP) is 5.13. The van der Waals surface area contributed by atoms with Gasteiger partial charge in [0, 0.05) is 36.3 Å². The molecule has 5 heteroatoms. The minimum atomic E-state index is 0.0233. The minimum absolute atomic E-state index is 0.0233. The van der Waals surface area contributed by atoms with E-state index in [1.54, 1.807) is 0 Å². The van der Waals surface area contributed by atoms with Gasteiger partial charge in [-0.1, -0.05) is 54.6 Å². The Kier molecular flexibility index (Phi) is 4.26. The molecule has 1 amide bonds. The van der Waals surface area contributed by atoms with E-state index in [1.165, 1.54) is 16.5 Å². The molecule has 32 heavy (non-hydrogen) atoms. The van der Waals surface area contributed by atoms with Crippen molar-refractivity contribution in [1.29, 1.82) is 0 Å². The number of amides is 1. The summed E-state index contributed by atoms with van der Waals surface area (Å²) < 4.78 is 0. The first kappa shape index (κ1) is 19.0. The van der Waals surface area contributed by atoms with Crippen LogP contribution in [0.5, 0.6) is 0 Å². The molecule has 156 valence electrons. The summed E-state index contributed by atoms with van der Waals surface area (Å²) in [6.07, 6.45) is 6.31. The predicted molar refractivity (Wildman–Crippen MR) is 136 cm³/mol. The van der Waals surface area contributed by atoms with Gasteiger partial charge in [-0.2, -0.15) is 0 Å². The van der Waals surface area contributed by atoms with Gasteiger partial charge in [-0.25, -0.2) is 4.99 Å². The quantitative estimate of drug-likeness (QED) is 0.422. The molecule has 0 bridgehead atoms. The summed E-state index contributed by atoms with van der Waals surface area (Å²) in [5.41, 5.74) is 6.20. The van der Waals surface area contributed by atoms with Crippen molar-refractivity contribution in [2.24, 2.45) is 4.99 Å². The highest BCUT2D eigenvalue weighted by atomic mass is 32.1. The Balaban J connectivity index is 1.52. The van der Waals surface area contributed by atoms with Gasteiger partial charge >= 0.3 is 0 Å². The molecule has 0 aromatic heterocycles. The molecule has 6 rings (SSSR count). The van der Waals surface area contributed by atoms with E-state index in [0.29, 0.717) is 11.4 Å². The number of carbonyl (C=O) groups is 1. The Morgan fingerprint density at radius 1 is 1.00 bits per heavy atom. The lowest BCUT2D eigenvalue weighted by molar-refractivity contribution is -0.119. The van der Waals surface area contributed by atoms with Crippen molar-refractivity contribution in [3.8, 4) is 0 Å². The molecule has 0 atom stereocenters. The third kappa shape index (κ3) is 2.75. The zero-order chi connectivity index (χ0) is 21.8. The van der Waals surface area contributed by atoms with E-state index in [9.17, 15) is 4.79 Å². The molecule has 0 aliphatic carbocycles. The fourth-order valence-corrected chi connectivity index (χ4v) is 5.73. The van der Waals surface area contributed by atoms with Crippen LogP contribution in [0.2, 0.25) is 0 Å². The number of aliphatic imine (C=N–C) groups is 1. The maximum Gasteiger partial charge on any atom is 0.271 e. The van der Waals surface area contributed by atoms with Gasteiger partial charge in [-0.05, 0) is 36.1 Å². The van der Waals surface area contributed by atoms with Crippen LogP contribution in [-0.2, 0) is 4.79 Å². The van der Waals surface area contributed by atoms with Crippen molar-refractivity contribution in [2.75, 3.05) is 13.6 Å². The SMILES string of the molecule is CCN1C(=O)C(C2=Nc3cccc4cccc2c34)=S=C1C=C1c2ccccc2C=CN1C. The fraction of sp³-hybridized carbons (Fsp3) is 0.111. The van der Waals surface area contributed by atoms with E-state index >= 15 is 0 Å². The zero-order valence-corrected chi connectivity index (χ0v) is 18.7. The van der Waals surface area contributed by atoms with Gasteiger partial charge in [0.05, 0.1) is 17.1 Å². The number of hydrogen-bond donors (Lipinski definition) is 0. The van der Waals surface area contributed by atoms with Crippen molar-refractivity contribution in [2.45, 2.75) is 6.92 Å². The topological polar surface area (TPSA) is 35.9 Å². The van der Waals surface area contributed by atoms with Crippen LogP contribution in [0.4, 0.5) is 5.69 Å². The maximum atomic E-state index is 13.5. The van der Waals surface area contributed by atoms with E-state index in [1.807, 2.05) is 43.1 Å². The molecule has 0 fully saturated rings. The Hall–Kier alpha value is -3.70. The van der Waals surface area contributed by atoms with Crippen LogP contribution in [0.1, 0.15) is 23.6 Å². The Bertz CT molecular complexity index is 1480. The van der Waals surface area contributed by atoms with Gasteiger partial charge in [-0.3, -0.25) is 9.69 Å². The highest BCUT2D eigenvalue weighted by Gasteiger charge is 2.33. The van der Waals surface area contributed by atoms with Crippen LogP contribution in [0, 0.1) is 0 Å². The van der Waals surface area contributed by atoms with Crippen molar-refractivity contribution in [1.82, 2.24) is 9.80 Å². The van der Waals surface area contributed by atoms with E-state index in [-0.39, 0.29) is 5.91 Å². The lowest BCUT2D eigenvalue weighted by atomic mass is 10.00. The molecule has 4 nitrogen and oxygen atoms in total. The Labute approximate surface area is 190 Å². The van der Waals surface area contributed by atoms with Gasteiger partial charge in [-0.15, -0.1) is 10.9 Å². The van der Waals surface area contributed by atoms with Crippen LogP contribution in [0.3, 0.4) is 0 Å². The Morgan fingerprint density at radius 2 is 1.78 bits per heavy atom. The third-order valence-electron chi connectivity index (χ3n) is 6.17. The van der Waals surface area contributed by atoms with Gasteiger partial charge in [0.1, 0.15) is 9.85 Å². The minimum Gasteiger partial charge on any atom is -0.350 e.